The highest BCUT2D eigenvalue weighted by Crippen LogP contribution is 2.44. The Morgan fingerprint density at radius 2 is 1.67 bits per heavy atom. The lowest BCUT2D eigenvalue weighted by atomic mass is 9.98. The number of nitrogens with one attached hydrogen (secondary N) is 1. The maximum Gasteiger partial charge on any atom is 0.407 e. The second-order valence-corrected chi connectivity index (χ2v) is 5.99. The van der Waals surface area contributed by atoms with Crippen LogP contribution in [0.25, 0.3) is 11.1 Å². The van der Waals surface area contributed by atoms with Crippen LogP contribution in [0.3, 0.4) is 0 Å². The van der Waals surface area contributed by atoms with Crippen LogP contribution in [0.15, 0.2) is 52.9 Å². The van der Waals surface area contributed by atoms with Crippen LogP contribution >= 0.6 is 0 Å². The van der Waals surface area contributed by atoms with Crippen LogP contribution in [0, 0.1) is 0 Å². The molecule has 0 aliphatic heterocycles. The van der Waals surface area contributed by atoms with Crippen LogP contribution in [0.1, 0.15) is 33.6 Å². The number of benzene rings is 2. The molecule has 27 heavy (non-hydrogen) atoms. The van der Waals surface area contributed by atoms with E-state index in [0.717, 1.165) is 22.3 Å². The summed E-state index contributed by atoms with van der Waals surface area (Å²) in [6, 6.07) is 16.1. The van der Waals surface area contributed by atoms with Crippen LogP contribution in [0.5, 0.6) is 0 Å². The van der Waals surface area contributed by atoms with Gasteiger partial charge in [-0.05, 0) is 22.3 Å². The number of carboxylic acids is 1. The average molecular weight is 365 g/mol. The maximum atomic E-state index is 12.0. The Balaban J connectivity index is 1.39. The molecule has 8 heteroatoms. The Morgan fingerprint density at radius 3 is 2.26 bits per heavy atom. The first-order valence-corrected chi connectivity index (χ1v) is 8.28. The molecule has 8 nitrogen and oxygen atoms in total. The predicted octanol–water partition coefficient (Wildman–Crippen LogP) is 2.81. The minimum Gasteiger partial charge on any atom is -0.474 e. The van der Waals surface area contributed by atoms with E-state index < -0.39 is 18.0 Å². The third kappa shape index (κ3) is 3.24. The van der Waals surface area contributed by atoms with E-state index in [2.05, 4.69) is 27.6 Å². The number of ether oxygens (including phenoxy) is 1. The van der Waals surface area contributed by atoms with Crippen LogP contribution in [0.2, 0.25) is 0 Å². The summed E-state index contributed by atoms with van der Waals surface area (Å²) in [6.07, 6.45) is -0.646. The molecule has 0 bridgehead atoms. The first kappa shape index (κ1) is 16.8. The first-order chi connectivity index (χ1) is 13.1. The molecule has 0 fully saturated rings. The van der Waals surface area contributed by atoms with Crippen LogP contribution in [-0.4, -0.2) is 34.0 Å². The van der Waals surface area contributed by atoms with E-state index >= 15 is 0 Å². The summed E-state index contributed by atoms with van der Waals surface area (Å²) < 4.78 is 10.2. The molecule has 136 valence electrons. The zero-order valence-electron chi connectivity index (χ0n) is 14.1. The lowest BCUT2D eigenvalue weighted by Crippen LogP contribution is -2.25. The lowest BCUT2D eigenvalue weighted by Gasteiger charge is -2.14. The number of rotatable bonds is 5. The van der Waals surface area contributed by atoms with E-state index in [1.54, 1.807) is 0 Å². The van der Waals surface area contributed by atoms with Crippen LogP contribution in [0.4, 0.5) is 4.79 Å². The number of carboxylic acid groups (broad SMARTS) is 1. The molecule has 1 aliphatic carbocycles. The van der Waals surface area contributed by atoms with Crippen molar-refractivity contribution in [1.29, 1.82) is 0 Å². The van der Waals surface area contributed by atoms with Gasteiger partial charge in [0.25, 0.3) is 0 Å². The fourth-order valence-corrected chi connectivity index (χ4v) is 3.21. The molecule has 0 unspecified atom stereocenters. The Bertz CT molecular complexity index is 968. The summed E-state index contributed by atoms with van der Waals surface area (Å²) in [6.45, 7) is 0.0705. The highest BCUT2D eigenvalue weighted by Gasteiger charge is 2.29. The van der Waals surface area contributed by atoms with Crippen molar-refractivity contribution in [2.24, 2.45) is 0 Å². The van der Waals surface area contributed by atoms with Gasteiger partial charge in [0.05, 0.1) is 6.54 Å². The third-order valence-corrected chi connectivity index (χ3v) is 4.38. The number of carbonyl (C=O) groups is 2. The molecule has 0 atom stereocenters. The molecule has 2 N–H and O–H groups in total. The van der Waals surface area contributed by atoms with Crippen molar-refractivity contribution in [2.75, 3.05) is 6.61 Å². The number of carbonyl (C=O) groups excluding carboxylic acids is 1. The first-order valence-electron chi connectivity index (χ1n) is 8.28. The van der Waals surface area contributed by atoms with Gasteiger partial charge in [0, 0.05) is 5.92 Å². The van der Waals surface area contributed by atoms with Gasteiger partial charge in [-0.15, -0.1) is 10.2 Å². The summed E-state index contributed by atoms with van der Waals surface area (Å²) in [4.78, 5) is 22.7. The SMILES string of the molecule is O=C(NCc1nnc(C(=O)O)o1)OCC1c2ccccc2-c2ccccc21. The van der Waals surface area contributed by atoms with Gasteiger partial charge in [-0.2, -0.15) is 0 Å². The summed E-state index contributed by atoms with van der Waals surface area (Å²) in [7, 11) is 0. The molecule has 0 saturated heterocycles. The molecular formula is C19H15N3O5. The highest BCUT2D eigenvalue weighted by atomic mass is 16.5. The van der Waals surface area contributed by atoms with Gasteiger partial charge in [-0.1, -0.05) is 48.5 Å². The largest absolute Gasteiger partial charge is 0.474 e. The van der Waals surface area contributed by atoms with Gasteiger partial charge in [0.2, 0.25) is 5.89 Å². The third-order valence-electron chi connectivity index (χ3n) is 4.38. The minimum atomic E-state index is -1.32. The molecule has 0 radical (unpaired) electrons. The fraction of sp³-hybridized carbons (Fsp3) is 0.158. The second kappa shape index (κ2) is 6.91. The number of fused-ring (bicyclic) bond motifs is 3. The summed E-state index contributed by atoms with van der Waals surface area (Å²) in [5, 5.41) is 18.1. The van der Waals surface area contributed by atoms with E-state index in [1.165, 1.54) is 0 Å². The topological polar surface area (TPSA) is 115 Å². The van der Waals surface area contributed by atoms with Crippen molar-refractivity contribution in [3.8, 4) is 11.1 Å². The minimum absolute atomic E-state index is 0.0130. The molecule has 1 aliphatic rings. The highest BCUT2D eigenvalue weighted by molar-refractivity contribution is 5.81. The van der Waals surface area contributed by atoms with Crippen LogP contribution < -0.4 is 5.32 Å². The van der Waals surface area contributed by atoms with Crippen molar-refractivity contribution in [2.45, 2.75) is 12.5 Å². The Morgan fingerprint density at radius 1 is 1.04 bits per heavy atom. The van der Waals surface area contributed by atoms with Crippen molar-refractivity contribution >= 4 is 12.1 Å². The molecular weight excluding hydrogens is 350 g/mol. The quantitative estimate of drug-likeness (QED) is 0.714. The van der Waals surface area contributed by atoms with Crippen molar-refractivity contribution < 1.29 is 23.8 Å². The van der Waals surface area contributed by atoms with Gasteiger partial charge in [-0.3, -0.25) is 0 Å². The van der Waals surface area contributed by atoms with Gasteiger partial charge >= 0.3 is 18.0 Å². The molecule has 1 aromatic heterocycles. The predicted molar refractivity (Wildman–Crippen MR) is 93.2 cm³/mol. The smallest absolute Gasteiger partial charge is 0.407 e. The van der Waals surface area contributed by atoms with E-state index in [-0.39, 0.29) is 25.0 Å². The number of aromatic nitrogens is 2. The Kier molecular flexibility index (Phi) is 4.29. The fourth-order valence-electron chi connectivity index (χ4n) is 3.21. The van der Waals surface area contributed by atoms with Gasteiger partial charge < -0.3 is 19.6 Å². The molecule has 2 aromatic carbocycles. The average Bonchev–Trinajstić information content (AvgIpc) is 3.28. The molecule has 4 rings (SSSR count). The molecule has 3 aromatic rings. The number of hydrogen-bond acceptors (Lipinski definition) is 6. The van der Waals surface area contributed by atoms with Gasteiger partial charge in [-0.25, -0.2) is 9.59 Å². The molecule has 0 spiro atoms. The monoisotopic (exact) mass is 365 g/mol. The van der Waals surface area contributed by atoms with Gasteiger partial charge in [0.15, 0.2) is 0 Å². The summed E-state index contributed by atoms with van der Waals surface area (Å²) in [5.41, 5.74) is 4.53. The standard InChI is InChI=1S/C19H15N3O5/c23-18(24)17-22-21-16(27-17)9-20-19(25)26-10-15-13-7-3-1-5-11(13)12-6-2-4-8-14(12)15/h1-8,15H,9-10H2,(H,20,25)(H,23,24). The second-order valence-electron chi connectivity index (χ2n) is 5.99. The normalized spacial score (nSPS) is 12.3. The summed E-state index contributed by atoms with van der Waals surface area (Å²) >= 11 is 0. The van der Waals surface area contributed by atoms with Crippen LogP contribution in [-0.2, 0) is 11.3 Å². The Hall–Kier alpha value is -3.68. The van der Waals surface area contributed by atoms with E-state index in [1.807, 2.05) is 36.4 Å². The Labute approximate surface area is 153 Å². The van der Waals surface area contributed by atoms with Crippen molar-refractivity contribution in [3.05, 3.63) is 71.4 Å². The van der Waals surface area contributed by atoms with Crippen molar-refractivity contribution in [1.82, 2.24) is 15.5 Å². The van der Waals surface area contributed by atoms with E-state index in [9.17, 15) is 9.59 Å². The van der Waals surface area contributed by atoms with E-state index in [0.29, 0.717) is 0 Å². The number of nitrogens with zero attached hydrogens (tertiary/aromatic N) is 2. The maximum absolute atomic E-state index is 12.0. The number of aromatic carboxylic acids is 1. The molecule has 1 heterocycles. The van der Waals surface area contributed by atoms with E-state index in [4.69, 9.17) is 14.3 Å². The lowest BCUT2D eigenvalue weighted by molar-refractivity contribution is 0.0651. The zero-order chi connectivity index (χ0) is 18.8. The van der Waals surface area contributed by atoms with Gasteiger partial charge in [0.1, 0.15) is 6.61 Å². The van der Waals surface area contributed by atoms with Crippen molar-refractivity contribution in [3.63, 3.8) is 0 Å². The number of alkyl carbamates (subject to hydrolysis) is 1. The summed E-state index contributed by atoms with van der Waals surface area (Å²) in [5.74, 6) is -1.90. The molecule has 0 saturated carbocycles. The number of hydrogen-bond donors (Lipinski definition) is 2. The zero-order valence-corrected chi connectivity index (χ0v) is 14.1. The number of amides is 1. The molecule has 1 amide bonds.